The highest BCUT2D eigenvalue weighted by atomic mass is 35.5. The molecule has 4 aromatic rings. The predicted molar refractivity (Wildman–Crippen MR) is 163 cm³/mol. The lowest BCUT2D eigenvalue weighted by molar-refractivity contribution is 0.132. The molecule has 0 bridgehead atoms. The van der Waals surface area contributed by atoms with Crippen molar-refractivity contribution in [3.63, 3.8) is 0 Å². The standard InChI is InChI=1S/C29H31ClN6O5S/c1-3-16-42(39,40)35-25-20-9-8-18(2)26(21(20)10-11-23(25)30)41-27-22(7-4-13-31-27)24-12-14-32-28(34-24)33-19-6-5-15-36(17-19)29(37)38/h4,7-14,19,35H,3,5-6,15-17H2,1-2H3,(H,37,38)(H,32,33,34)/t19-/m0/s1. The molecule has 0 saturated carbocycles. The van der Waals surface area contributed by atoms with E-state index in [1.54, 1.807) is 43.6 Å². The van der Waals surface area contributed by atoms with Gasteiger partial charge in [-0.1, -0.05) is 30.7 Å². The van der Waals surface area contributed by atoms with Crippen molar-refractivity contribution in [3.05, 3.63) is 65.4 Å². The lowest BCUT2D eigenvalue weighted by atomic mass is 10.0. The van der Waals surface area contributed by atoms with Crippen LogP contribution in [0.25, 0.3) is 22.0 Å². The zero-order valence-corrected chi connectivity index (χ0v) is 24.7. The number of hydrogen-bond donors (Lipinski definition) is 3. The molecule has 2 aromatic carbocycles. The molecule has 11 nitrogen and oxygen atoms in total. The molecule has 1 atom stereocenters. The van der Waals surface area contributed by atoms with E-state index < -0.39 is 16.1 Å². The number of nitrogens with one attached hydrogen (secondary N) is 2. The lowest BCUT2D eigenvalue weighted by Crippen LogP contribution is -2.44. The van der Waals surface area contributed by atoms with Gasteiger partial charge >= 0.3 is 6.09 Å². The summed E-state index contributed by atoms with van der Waals surface area (Å²) in [7, 11) is -3.59. The number of amides is 1. The smallest absolute Gasteiger partial charge is 0.407 e. The number of pyridine rings is 1. The molecule has 220 valence electrons. The van der Waals surface area contributed by atoms with Gasteiger partial charge in [-0.15, -0.1) is 0 Å². The summed E-state index contributed by atoms with van der Waals surface area (Å²) in [6.45, 7) is 4.55. The first-order valence-corrected chi connectivity index (χ1v) is 15.6. The number of aromatic nitrogens is 3. The summed E-state index contributed by atoms with van der Waals surface area (Å²) in [5.41, 5.74) is 2.29. The zero-order chi connectivity index (χ0) is 29.9. The molecule has 1 aliphatic rings. The number of ether oxygens (including phenoxy) is 1. The quantitative estimate of drug-likeness (QED) is 0.203. The maximum absolute atomic E-state index is 12.6. The Balaban J connectivity index is 1.47. The Kier molecular flexibility index (Phi) is 8.64. The van der Waals surface area contributed by atoms with E-state index in [1.165, 1.54) is 4.90 Å². The van der Waals surface area contributed by atoms with Gasteiger partial charge in [-0.25, -0.2) is 28.2 Å². The summed E-state index contributed by atoms with van der Waals surface area (Å²) < 4.78 is 34.2. The van der Waals surface area contributed by atoms with Crippen LogP contribution < -0.4 is 14.8 Å². The van der Waals surface area contributed by atoms with Crippen LogP contribution in [-0.4, -0.2) is 64.4 Å². The van der Waals surface area contributed by atoms with Gasteiger partial charge in [0.1, 0.15) is 5.75 Å². The number of rotatable bonds is 9. The maximum atomic E-state index is 12.6. The second-order valence-electron chi connectivity index (χ2n) is 10.1. The van der Waals surface area contributed by atoms with Gasteiger partial charge in [0.05, 0.1) is 27.7 Å². The number of anilines is 2. The average Bonchev–Trinajstić information content (AvgIpc) is 2.96. The number of aryl methyl sites for hydroxylation is 1. The summed E-state index contributed by atoms with van der Waals surface area (Å²) in [6.07, 6.45) is 4.32. The van der Waals surface area contributed by atoms with Gasteiger partial charge in [-0.3, -0.25) is 4.72 Å². The first-order valence-electron chi connectivity index (χ1n) is 13.6. The Morgan fingerprint density at radius 2 is 1.95 bits per heavy atom. The van der Waals surface area contributed by atoms with Gasteiger partial charge in [0.2, 0.25) is 21.9 Å². The molecule has 3 heterocycles. The lowest BCUT2D eigenvalue weighted by Gasteiger charge is -2.31. The molecule has 2 aromatic heterocycles. The van der Waals surface area contributed by atoms with E-state index in [9.17, 15) is 18.3 Å². The van der Waals surface area contributed by atoms with Crippen molar-refractivity contribution in [2.75, 3.05) is 28.9 Å². The van der Waals surface area contributed by atoms with Crippen LogP contribution >= 0.6 is 11.6 Å². The van der Waals surface area contributed by atoms with Crippen LogP contribution in [0, 0.1) is 6.92 Å². The number of halogens is 1. The van der Waals surface area contributed by atoms with E-state index in [2.05, 4.69) is 25.0 Å². The molecule has 1 aliphatic heterocycles. The Bertz CT molecular complexity index is 1740. The molecular weight excluding hydrogens is 580 g/mol. The molecule has 1 amide bonds. The third kappa shape index (κ3) is 6.50. The van der Waals surface area contributed by atoms with Crippen molar-refractivity contribution >= 4 is 50.1 Å². The fraction of sp³-hybridized carbons (Fsp3) is 0.310. The number of benzene rings is 2. The molecular formula is C29H31ClN6O5S. The number of carbonyl (C=O) groups is 1. The molecule has 13 heteroatoms. The summed E-state index contributed by atoms with van der Waals surface area (Å²) >= 11 is 6.44. The highest BCUT2D eigenvalue weighted by molar-refractivity contribution is 7.92. The van der Waals surface area contributed by atoms with Crippen LogP contribution in [0.4, 0.5) is 16.4 Å². The van der Waals surface area contributed by atoms with Crippen LogP contribution in [0.1, 0.15) is 31.7 Å². The van der Waals surface area contributed by atoms with Crippen LogP contribution in [0.5, 0.6) is 11.6 Å². The normalized spacial score (nSPS) is 15.4. The average molecular weight is 611 g/mol. The van der Waals surface area contributed by atoms with Gasteiger partial charge in [0.15, 0.2) is 0 Å². The number of hydrogen-bond acceptors (Lipinski definition) is 8. The summed E-state index contributed by atoms with van der Waals surface area (Å²) in [5, 5.41) is 14.2. The van der Waals surface area contributed by atoms with Gasteiger partial charge in [-0.05, 0) is 62.1 Å². The number of sulfonamides is 1. The first-order chi connectivity index (χ1) is 20.1. The van der Waals surface area contributed by atoms with Gasteiger partial charge in [0, 0.05) is 42.3 Å². The Morgan fingerprint density at radius 3 is 2.74 bits per heavy atom. The highest BCUT2D eigenvalue weighted by Crippen LogP contribution is 2.41. The SMILES string of the molecule is CCCS(=O)(=O)Nc1c(Cl)ccc2c(Oc3ncccc3-c3ccnc(N[C@H]4CCCN(C(=O)O)C4)n3)c(C)ccc12. The number of piperidine rings is 1. The fourth-order valence-corrected chi connectivity index (χ4v) is 6.41. The van der Waals surface area contributed by atoms with Crippen molar-refractivity contribution in [1.82, 2.24) is 19.9 Å². The van der Waals surface area contributed by atoms with E-state index in [0.717, 1.165) is 18.4 Å². The highest BCUT2D eigenvalue weighted by Gasteiger charge is 2.24. The van der Waals surface area contributed by atoms with Crippen molar-refractivity contribution < 1.29 is 23.1 Å². The molecule has 0 spiro atoms. The van der Waals surface area contributed by atoms with Crippen molar-refractivity contribution in [3.8, 4) is 22.9 Å². The molecule has 0 unspecified atom stereocenters. The molecule has 1 saturated heterocycles. The van der Waals surface area contributed by atoms with Gasteiger partial charge in [-0.2, -0.15) is 0 Å². The summed E-state index contributed by atoms with van der Waals surface area (Å²) in [4.78, 5) is 26.3. The molecule has 0 radical (unpaired) electrons. The third-order valence-electron chi connectivity index (χ3n) is 6.95. The second kappa shape index (κ2) is 12.4. The minimum atomic E-state index is -3.59. The van der Waals surface area contributed by atoms with Gasteiger partial charge < -0.3 is 20.1 Å². The molecule has 42 heavy (non-hydrogen) atoms. The van der Waals surface area contributed by atoms with Gasteiger partial charge in [0.25, 0.3) is 0 Å². The molecule has 5 rings (SSSR count). The monoisotopic (exact) mass is 610 g/mol. The van der Waals surface area contributed by atoms with E-state index in [4.69, 9.17) is 16.3 Å². The number of carboxylic acid groups (broad SMARTS) is 1. The molecule has 1 fully saturated rings. The number of likely N-dealkylation sites (tertiary alicyclic amines) is 1. The van der Waals surface area contributed by atoms with Crippen molar-refractivity contribution in [1.29, 1.82) is 0 Å². The van der Waals surface area contributed by atoms with Crippen molar-refractivity contribution in [2.45, 2.75) is 39.2 Å². The topological polar surface area (TPSA) is 147 Å². The first kappa shape index (κ1) is 29.3. The number of nitrogens with zero attached hydrogens (tertiary/aromatic N) is 4. The second-order valence-corrected chi connectivity index (χ2v) is 12.3. The van der Waals surface area contributed by atoms with E-state index in [-0.39, 0.29) is 16.8 Å². The summed E-state index contributed by atoms with van der Waals surface area (Å²) in [6, 6.07) is 12.3. The maximum Gasteiger partial charge on any atom is 0.407 e. The minimum absolute atomic E-state index is 0.0272. The Hall–Kier alpha value is -4.16. The molecule has 3 N–H and O–H groups in total. The zero-order valence-electron chi connectivity index (χ0n) is 23.2. The van der Waals surface area contributed by atoms with E-state index >= 15 is 0 Å². The van der Waals surface area contributed by atoms with E-state index in [1.807, 2.05) is 25.1 Å². The molecule has 0 aliphatic carbocycles. The predicted octanol–water partition coefficient (Wildman–Crippen LogP) is 6.15. The number of fused-ring (bicyclic) bond motifs is 1. The van der Waals surface area contributed by atoms with Crippen LogP contribution in [-0.2, 0) is 10.0 Å². The van der Waals surface area contributed by atoms with Crippen LogP contribution in [0.3, 0.4) is 0 Å². The van der Waals surface area contributed by atoms with E-state index in [0.29, 0.717) is 64.8 Å². The largest absolute Gasteiger partial charge is 0.465 e. The fourth-order valence-electron chi connectivity index (χ4n) is 4.97. The Labute approximate surface area is 249 Å². The Morgan fingerprint density at radius 1 is 1.14 bits per heavy atom. The van der Waals surface area contributed by atoms with Crippen molar-refractivity contribution in [2.24, 2.45) is 0 Å². The van der Waals surface area contributed by atoms with Crippen LogP contribution in [0.2, 0.25) is 5.02 Å². The summed E-state index contributed by atoms with van der Waals surface area (Å²) in [5.74, 6) is 1.15. The minimum Gasteiger partial charge on any atom is -0.465 e. The third-order valence-corrected chi connectivity index (χ3v) is 8.73. The van der Waals surface area contributed by atoms with Crippen LogP contribution in [0.15, 0.2) is 54.9 Å².